The standard InChI is InChI=1S/C13H16N2O2S2/c1-3-5-10-9(4-2)8-11(19-10)17-13(16)15-12-14-6-7-18-12/h6-8H,3-5H2,1-2H3,(H,14,15,16). The lowest BCUT2D eigenvalue weighted by molar-refractivity contribution is 0.216. The predicted octanol–water partition coefficient (Wildman–Crippen LogP) is 4.33. The van der Waals surface area contributed by atoms with E-state index in [0.717, 1.165) is 19.3 Å². The Hall–Kier alpha value is -1.40. The third-order valence-electron chi connectivity index (χ3n) is 2.57. The fraction of sp³-hybridized carbons (Fsp3) is 0.385. The summed E-state index contributed by atoms with van der Waals surface area (Å²) in [5.41, 5.74) is 1.27. The highest BCUT2D eigenvalue weighted by Gasteiger charge is 2.12. The highest BCUT2D eigenvalue weighted by Crippen LogP contribution is 2.31. The van der Waals surface area contributed by atoms with Crippen LogP contribution in [0.15, 0.2) is 17.6 Å². The Labute approximate surface area is 120 Å². The van der Waals surface area contributed by atoms with Crippen molar-refractivity contribution in [2.75, 3.05) is 5.32 Å². The number of carbonyl (C=O) groups excluding carboxylic acids is 1. The maximum Gasteiger partial charge on any atom is 0.419 e. The quantitative estimate of drug-likeness (QED) is 0.893. The molecule has 2 rings (SSSR count). The van der Waals surface area contributed by atoms with Crippen LogP contribution >= 0.6 is 22.7 Å². The smallest absolute Gasteiger partial charge is 0.399 e. The molecule has 4 nitrogen and oxygen atoms in total. The normalized spacial score (nSPS) is 10.4. The summed E-state index contributed by atoms with van der Waals surface area (Å²) in [5, 5.41) is 5.60. The van der Waals surface area contributed by atoms with Gasteiger partial charge >= 0.3 is 6.09 Å². The van der Waals surface area contributed by atoms with E-state index in [-0.39, 0.29) is 0 Å². The van der Waals surface area contributed by atoms with Gasteiger partial charge in [-0.3, -0.25) is 5.32 Å². The summed E-state index contributed by atoms with van der Waals surface area (Å²) >= 11 is 2.91. The molecule has 19 heavy (non-hydrogen) atoms. The third-order valence-corrected chi connectivity index (χ3v) is 4.37. The van der Waals surface area contributed by atoms with Crippen molar-refractivity contribution in [2.24, 2.45) is 0 Å². The van der Waals surface area contributed by atoms with E-state index in [4.69, 9.17) is 4.74 Å². The Balaban J connectivity index is 2.00. The number of aromatic nitrogens is 1. The number of anilines is 1. The van der Waals surface area contributed by atoms with Crippen LogP contribution in [0.3, 0.4) is 0 Å². The zero-order valence-corrected chi connectivity index (χ0v) is 12.6. The zero-order chi connectivity index (χ0) is 13.7. The first-order valence-corrected chi connectivity index (χ1v) is 7.92. The van der Waals surface area contributed by atoms with E-state index >= 15 is 0 Å². The Morgan fingerprint density at radius 1 is 1.47 bits per heavy atom. The number of hydrogen-bond acceptors (Lipinski definition) is 5. The van der Waals surface area contributed by atoms with Gasteiger partial charge in [0.1, 0.15) is 0 Å². The molecule has 0 unspecified atom stereocenters. The van der Waals surface area contributed by atoms with E-state index in [1.807, 2.05) is 6.07 Å². The molecule has 1 amide bonds. The molecular formula is C13H16N2O2S2. The van der Waals surface area contributed by atoms with Crippen molar-refractivity contribution >= 4 is 33.9 Å². The minimum atomic E-state index is -0.484. The van der Waals surface area contributed by atoms with Crippen molar-refractivity contribution in [2.45, 2.75) is 33.1 Å². The van der Waals surface area contributed by atoms with Crippen LogP contribution in [0.1, 0.15) is 30.7 Å². The van der Waals surface area contributed by atoms with Crippen LogP contribution in [0.2, 0.25) is 0 Å². The molecule has 0 bridgehead atoms. The van der Waals surface area contributed by atoms with E-state index in [1.54, 1.807) is 22.9 Å². The first kappa shape index (κ1) is 14.0. The first-order valence-electron chi connectivity index (χ1n) is 6.22. The molecule has 0 spiro atoms. The molecule has 2 aromatic rings. The van der Waals surface area contributed by atoms with Crippen molar-refractivity contribution < 1.29 is 9.53 Å². The number of nitrogens with zero attached hydrogens (tertiary/aromatic N) is 1. The van der Waals surface area contributed by atoms with Gasteiger partial charge in [0.15, 0.2) is 10.2 Å². The molecule has 0 aliphatic heterocycles. The minimum Gasteiger partial charge on any atom is -0.399 e. The number of rotatable bonds is 5. The summed E-state index contributed by atoms with van der Waals surface area (Å²) in [6.45, 7) is 4.26. The summed E-state index contributed by atoms with van der Waals surface area (Å²) in [6.07, 6.45) is 4.24. The van der Waals surface area contributed by atoms with Gasteiger partial charge in [-0.15, -0.1) is 22.7 Å². The molecule has 0 fully saturated rings. The number of amides is 1. The van der Waals surface area contributed by atoms with Gasteiger partial charge in [0.05, 0.1) is 0 Å². The highest BCUT2D eigenvalue weighted by molar-refractivity contribution is 7.14. The first-order chi connectivity index (χ1) is 9.22. The summed E-state index contributed by atoms with van der Waals surface area (Å²) in [6, 6.07) is 1.96. The molecule has 102 valence electrons. The zero-order valence-electron chi connectivity index (χ0n) is 10.9. The fourth-order valence-corrected chi connectivity index (χ4v) is 3.43. The monoisotopic (exact) mass is 296 g/mol. The molecule has 0 aliphatic carbocycles. The predicted molar refractivity (Wildman–Crippen MR) is 79.5 cm³/mol. The van der Waals surface area contributed by atoms with Gasteiger partial charge in [0.2, 0.25) is 0 Å². The molecule has 0 aromatic carbocycles. The maximum atomic E-state index is 11.7. The summed E-state index contributed by atoms with van der Waals surface area (Å²) in [7, 11) is 0. The van der Waals surface area contributed by atoms with Crippen molar-refractivity contribution in [3.63, 3.8) is 0 Å². The van der Waals surface area contributed by atoms with E-state index < -0.39 is 6.09 Å². The van der Waals surface area contributed by atoms with Crippen LogP contribution in [0.4, 0.5) is 9.93 Å². The number of nitrogens with one attached hydrogen (secondary N) is 1. The minimum absolute atomic E-state index is 0.484. The summed E-state index contributed by atoms with van der Waals surface area (Å²) < 4.78 is 5.29. The Bertz CT molecular complexity index is 535. The van der Waals surface area contributed by atoms with Gasteiger partial charge in [-0.1, -0.05) is 20.3 Å². The van der Waals surface area contributed by atoms with Crippen LogP contribution in [0.5, 0.6) is 5.06 Å². The second kappa shape index (κ2) is 6.68. The molecule has 6 heteroatoms. The lowest BCUT2D eigenvalue weighted by Gasteiger charge is -2.00. The average molecular weight is 296 g/mol. The Morgan fingerprint density at radius 3 is 2.95 bits per heavy atom. The van der Waals surface area contributed by atoms with Crippen LogP contribution in [0, 0.1) is 0 Å². The van der Waals surface area contributed by atoms with E-state index in [9.17, 15) is 4.79 Å². The lowest BCUT2D eigenvalue weighted by Crippen LogP contribution is -2.15. The van der Waals surface area contributed by atoms with E-state index in [1.165, 1.54) is 21.8 Å². The molecule has 0 aliphatic rings. The van der Waals surface area contributed by atoms with Gasteiger partial charge in [-0.05, 0) is 24.5 Å². The summed E-state index contributed by atoms with van der Waals surface area (Å²) in [4.78, 5) is 17.0. The molecule has 1 N–H and O–H groups in total. The van der Waals surface area contributed by atoms with Gasteiger partial charge in [-0.2, -0.15) is 0 Å². The van der Waals surface area contributed by atoms with Crippen molar-refractivity contribution in [3.05, 3.63) is 28.1 Å². The van der Waals surface area contributed by atoms with Crippen LogP contribution in [-0.4, -0.2) is 11.1 Å². The molecule has 0 saturated carbocycles. The van der Waals surface area contributed by atoms with Gasteiger partial charge < -0.3 is 4.74 Å². The van der Waals surface area contributed by atoms with Crippen molar-refractivity contribution in [1.82, 2.24) is 4.98 Å². The second-order valence-electron chi connectivity index (χ2n) is 3.97. The number of ether oxygens (including phenoxy) is 1. The Morgan fingerprint density at radius 2 is 2.32 bits per heavy atom. The molecule has 2 aromatic heterocycles. The molecule has 0 saturated heterocycles. The third kappa shape index (κ3) is 3.78. The number of aryl methyl sites for hydroxylation is 2. The molecule has 0 atom stereocenters. The number of thiazole rings is 1. The van der Waals surface area contributed by atoms with Crippen molar-refractivity contribution in [3.8, 4) is 5.06 Å². The largest absolute Gasteiger partial charge is 0.419 e. The average Bonchev–Trinajstić information content (AvgIpc) is 2.99. The molecule has 2 heterocycles. The van der Waals surface area contributed by atoms with E-state index in [0.29, 0.717) is 10.2 Å². The topological polar surface area (TPSA) is 51.2 Å². The summed E-state index contributed by atoms with van der Waals surface area (Å²) in [5.74, 6) is 0. The highest BCUT2D eigenvalue weighted by atomic mass is 32.1. The Kier molecular flexibility index (Phi) is 4.93. The lowest BCUT2D eigenvalue weighted by atomic mass is 10.1. The number of thiophene rings is 1. The fourth-order valence-electron chi connectivity index (χ4n) is 1.72. The van der Waals surface area contributed by atoms with Crippen LogP contribution in [-0.2, 0) is 12.8 Å². The van der Waals surface area contributed by atoms with Gasteiger partial charge in [0.25, 0.3) is 0 Å². The SMILES string of the molecule is CCCc1sc(OC(=O)Nc2nccs2)cc1CC. The van der Waals surface area contributed by atoms with Gasteiger partial charge in [0, 0.05) is 16.5 Å². The van der Waals surface area contributed by atoms with Crippen LogP contribution in [0.25, 0.3) is 0 Å². The maximum absolute atomic E-state index is 11.7. The molecule has 0 radical (unpaired) electrons. The molecular weight excluding hydrogens is 280 g/mol. The van der Waals surface area contributed by atoms with E-state index in [2.05, 4.69) is 24.1 Å². The number of carbonyl (C=O) groups is 1. The van der Waals surface area contributed by atoms with Crippen LogP contribution < -0.4 is 10.1 Å². The second-order valence-corrected chi connectivity index (χ2v) is 5.96. The van der Waals surface area contributed by atoms with Crippen molar-refractivity contribution in [1.29, 1.82) is 0 Å². The number of hydrogen-bond donors (Lipinski definition) is 1. The van der Waals surface area contributed by atoms with Gasteiger partial charge in [-0.25, -0.2) is 9.78 Å².